The van der Waals surface area contributed by atoms with E-state index in [1.165, 1.54) is 30.3 Å². The van der Waals surface area contributed by atoms with Crippen molar-refractivity contribution in [3.05, 3.63) is 54.1 Å². The zero-order valence-corrected chi connectivity index (χ0v) is 18.4. The van der Waals surface area contributed by atoms with Gasteiger partial charge < -0.3 is 15.8 Å². The molecule has 0 bridgehead atoms. The Balaban J connectivity index is 0.00000420. The molecule has 2 rings (SSSR count). The highest BCUT2D eigenvalue weighted by Gasteiger charge is 2.32. The molecule has 0 heterocycles. The van der Waals surface area contributed by atoms with Crippen LogP contribution in [0.3, 0.4) is 0 Å². The van der Waals surface area contributed by atoms with Crippen LogP contribution >= 0.6 is 24.0 Å². The SMILES string of the molecule is CCNS(=O)(=O)c1ccc(CN=C(N)Nc2ccccc2OC(F)(F)F)cc1.I. The number of guanidine groups is 1. The second kappa shape index (κ2) is 10.6. The minimum Gasteiger partial charge on any atom is -0.404 e. The first kappa shape index (κ1) is 25.0. The van der Waals surface area contributed by atoms with Crippen LogP contribution in [-0.4, -0.2) is 27.3 Å². The number of nitrogens with zero attached hydrogens (tertiary/aromatic N) is 1. The van der Waals surface area contributed by atoms with Gasteiger partial charge in [-0.25, -0.2) is 18.1 Å². The number of ether oxygens (including phenoxy) is 1. The lowest BCUT2D eigenvalue weighted by Gasteiger charge is -2.14. The van der Waals surface area contributed by atoms with Gasteiger partial charge in [-0.3, -0.25) is 0 Å². The molecule has 0 aromatic heterocycles. The number of anilines is 1. The molecule has 0 spiro atoms. The zero-order valence-electron chi connectivity index (χ0n) is 15.2. The molecule has 0 saturated heterocycles. The number of nitrogens with two attached hydrogens (primary N) is 1. The number of sulfonamides is 1. The number of aliphatic imine (C=N–C) groups is 1. The Bertz CT molecular complexity index is 936. The second-order valence-corrected chi connectivity index (χ2v) is 7.28. The van der Waals surface area contributed by atoms with Gasteiger partial charge in [-0.15, -0.1) is 37.1 Å². The lowest BCUT2D eigenvalue weighted by Crippen LogP contribution is -2.24. The molecule has 0 aliphatic heterocycles. The van der Waals surface area contributed by atoms with Gasteiger partial charge in [-0.2, -0.15) is 0 Å². The van der Waals surface area contributed by atoms with Gasteiger partial charge in [0.05, 0.1) is 17.1 Å². The van der Waals surface area contributed by atoms with E-state index in [-0.39, 0.29) is 53.6 Å². The number of alkyl halides is 3. The standard InChI is InChI=1S/C17H19F3N4O3S.HI/c1-2-23-28(25,26)13-9-7-12(8-10-13)11-22-16(21)24-14-5-3-4-6-15(14)27-17(18,19)20;/h3-10,23H,2,11H2,1H3,(H3,21,22,24);1H. The third-order valence-corrected chi connectivity index (χ3v) is 4.94. The molecule has 0 aliphatic carbocycles. The summed E-state index contributed by atoms with van der Waals surface area (Å²) in [6.45, 7) is 2.05. The van der Waals surface area contributed by atoms with Crippen molar-refractivity contribution in [1.29, 1.82) is 0 Å². The lowest BCUT2D eigenvalue weighted by atomic mass is 10.2. The maximum atomic E-state index is 12.4. The van der Waals surface area contributed by atoms with E-state index in [0.717, 1.165) is 6.07 Å². The monoisotopic (exact) mass is 544 g/mol. The summed E-state index contributed by atoms with van der Waals surface area (Å²) in [4.78, 5) is 4.15. The van der Waals surface area contributed by atoms with E-state index in [1.807, 2.05) is 0 Å². The molecule has 2 aromatic rings. The van der Waals surface area contributed by atoms with Crippen molar-refractivity contribution in [3.63, 3.8) is 0 Å². The van der Waals surface area contributed by atoms with Gasteiger partial charge in [0.2, 0.25) is 10.0 Å². The summed E-state index contributed by atoms with van der Waals surface area (Å²) in [5, 5.41) is 2.55. The normalized spacial score (nSPS) is 12.2. The molecule has 7 nitrogen and oxygen atoms in total. The Morgan fingerprint density at radius 2 is 1.76 bits per heavy atom. The smallest absolute Gasteiger partial charge is 0.404 e. The molecule has 0 unspecified atom stereocenters. The molecule has 4 N–H and O–H groups in total. The van der Waals surface area contributed by atoms with Gasteiger partial charge in [0.1, 0.15) is 0 Å². The highest BCUT2D eigenvalue weighted by molar-refractivity contribution is 14.0. The number of benzene rings is 2. The maximum Gasteiger partial charge on any atom is 0.573 e. The quantitative estimate of drug-likeness (QED) is 0.282. The van der Waals surface area contributed by atoms with E-state index in [1.54, 1.807) is 19.1 Å². The molecule has 29 heavy (non-hydrogen) atoms. The van der Waals surface area contributed by atoms with E-state index in [9.17, 15) is 21.6 Å². The number of hydrogen-bond acceptors (Lipinski definition) is 4. The highest BCUT2D eigenvalue weighted by Crippen LogP contribution is 2.29. The van der Waals surface area contributed by atoms with Crippen molar-refractivity contribution >= 4 is 45.6 Å². The number of nitrogens with one attached hydrogen (secondary N) is 2. The Labute approximate surface area is 183 Å². The Morgan fingerprint density at radius 3 is 2.34 bits per heavy atom. The number of rotatable bonds is 7. The molecular weight excluding hydrogens is 524 g/mol. The number of halogens is 4. The fourth-order valence-electron chi connectivity index (χ4n) is 2.18. The van der Waals surface area contributed by atoms with Crippen LogP contribution in [0, 0.1) is 0 Å². The zero-order chi connectivity index (χ0) is 20.8. The first-order valence-corrected chi connectivity index (χ1v) is 9.59. The van der Waals surface area contributed by atoms with E-state index < -0.39 is 22.1 Å². The van der Waals surface area contributed by atoms with E-state index >= 15 is 0 Å². The molecule has 12 heteroatoms. The summed E-state index contributed by atoms with van der Waals surface area (Å²) >= 11 is 0. The second-order valence-electron chi connectivity index (χ2n) is 5.52. The predicted octanol–water partition coefficient (Wildman–Crippen LogP) is 3.43. The Hall–Kier alpha value is -2.06. The molecule has 0 amide bonds. The summed E-state index contributed by atoms with van der Waals surface area (Å²) in [5.41, 5.74) is 6.40. The minimum atomic E-state index is -4.83. The van der Waals surface area contributed by atoms with Crippen LogP contribution in [0.25, 0.3) is 0 Å². The molecule has 0 radical (unpaired) electrons. The van der Waals surface area contributed by atoms with Crippen molar-refractivity contribution in [2.75, 3.05) is 11.9 Å². The van der Waals surface area contributed by atoms with Crippen molar-refractivity contribution in [2.24, 2.45) is 10.7 Å². The first-order chi connectivity index (χ1) is 13.1. The molecular formula is C17H20F3IN4O3S. The summed E-state index contributed by atoms with van der Waals surface area (Å²) < 4.78 is 67.4. The van der Waals surface area contributed by atoms with Gasteiger partial charge in [0, 0.05) is 6.54 Å². The third kappa shape index (κ3) is 8.06. The maximum absolute atomic E-state index is 12.4. The largest absolute Gasteiger partial charge is 0.573 e. The summed E-state index contributed by atoms with van der Waals surface area (Å²) in [5.74, 6) is -0.561. The number of hydrogen-bond donors (Lipinski definition) is 3. The van der Waals surface area contributed by atoms with Gasteiger partial charge in [-0.1, -0.05) is 31.2 Å². The molecule has 0 aliphatic rings. The van der Waals surface area contributed by atoms with Crippen LogP contribution in [0.2, 0.25) is 0 Å². The van der Waals surface area contributed by atoms with Crippen LogP contribution in [0.4, 0.5) is 18.9 Å². The van der Waals surface area contributed by atoms with Gasteiger partial charge in [0.15, 0.2) is 11.7 Å². The fraction of sp³-hybridized carbons (Fsp3) is 0.235. The third-order valence-electron chi connectivity index (χ3n) is 3.38. The van der Waals surface area contributed by atoms with Crippen molar-refractivity contribution in [1.82, 2.24) is 4.72 Å². The van der Waals surface area contributed by atoms with Crippen molar-refractivity contribution in [3.8, 4) is 5.75 Å². The minimum absolute atomic E-state index is 0. The van der Waals surface area contributed by atoms with Crippen LogP contribution in [0.15, 0.2) is 58.4 Å². The van der Waals surface area contributed by atoms with Crippen LogP contribution < -0.4 is 20.5 Å². The topological polar surface area (TPSA) is 106 Å². The average molecular weight is 544 g/mol. The molecule has 2 aromatic carbocycles. The van der Waals surface area contributed by atoms with E-state index in [0.29, 0.717) is 5.56 Å². The first-order valence-electron chi connectivity index (χ1n) is 8.11. The lowest BCUT2D eigenvalue weighted by molar-refractivity contribution is -0.274. The van der Waals surface area contributed by atoms with Gasteiger partial charge in [-0.05, 0) is 29.8 Å². The molecule has 0 fully saturated rings. The molecule has 160 valence electrons. The highest BCUT2D eigenvalue weighted by atomic mass is 127. The van der Waals surface area contributed by atoms with E-state index in [4.69, 9.17) is 5.73 Å². The predicted molar refractivity (Wildman–Crippen MR) is 115 cm³/mol. The summed E-state index contributed by atoms with van der Waals surface area (Å²) in [7, 11) is -3.55. The van der Waals surface area contributed by atoms with Crippen LogP contribution in [0.1, 0.15) is 12.5 Å². The van der Waals surface area contributed by atoms with Crippen LogP contribution in [-0.2, 0) is 16.6 Å². The molecule has 0 atom stereocenters. The average Bonchev–Trinajstić information content (AvgIpc) is 2.61. The van der Waals surface area contributed by atoms with Crippen molar-refractivity contribution in [2.45, 2.75) is 24.7 Å². The summed E-state index contributed by atoms with van der Waals surface area (Å²) in [6.07, 6.45) is -4.83. The van der Waals surface area contributed by atoms with Gasteiger partial charge >= 0.3 is 6.36 Å². The Morgan fingerprint density at radius 1 is 1.14 bits per heavy atom. The van der Waals surface area contributed by atoms with Gasteiger partial charge in [0.25, 0.3) is 0 Å². The number of para-hydroxylation sites is 2. The van der Waals surface area contributed by atoms with E-state index in [2.05, 4.69) is 19.8 Å². The van der Waals surface area contributed by atoms with Crippen molar-refractivity contribution < 1.29 is 26.3 Å². The summed E-state index contributed by atoms with van der Waals surface area (Å²) in [6, 6.07) is 11.4. The fourth-order valence-corrected chi connectivity index (χ4v) is 3.23. The Kier molecular flexibility index (Phi) is 9.16. The van der Waals surface area contributed by atoms with Crippen LogP contribution in [0.5, 0.6) is 5.75 Å². The molecule has 0 saturated carbocycles.